The predicted octanol–water partition coefficient (Wildman–Crippen LogP) is 2.61. The van der Waals surface area contributed by atoms with E-state index < -0.39 is 10.0 Å². The fourth-order valence-corrected chi connectivity index (χ4v) is 6.49. The number of piperidine rings is 1. The van der Waals surface area contributed by atoms with Crippen molar-refractivity contribution < 1.29 is 17.9 Å². The molecule has 0 radical (unpaired) electrons. The van der Waals surface area contributed by atoms with Gasteiger partial charge >= 0.3 is 0 Å². The number of benzene rings is 1. The van der Waals surface area contributed by atoms with Crippen molar-refractivity contribution in [2.24, 2.45) is 0 Å². The minimum absolute atomic E-state index is 0.0688. The number of aromatic nitrogens is 1. The number of sulfonamides is 1. The molecule has 4 rings (SSSR count). The maximum Gasteiger partial charge on any atom is 0.253 e. The van der Waals surface area contributed by atoms with E-state index >= 15 is 0 Å². The number of piperazine rings is 1. The fourth-order valence-electron chi connectivity index (χ4n) is 4.61. The van der Waals surface area contributed by atoms with Gasteiger partial charge in [-0.05, 0) is 49.6 Å². The molecule has 2 aliphatic heterocycles. The zero-order chi connectivity index (χ0) is 23.4. The highest BCUT2D eigenvalue weighted by atomic mass is 32.2. The summed E-state index contributed by atoms with van der Waals surface area (Å²) < 4.78 is 33.8. The van der Waals surface area contributed by atoms with Crippen LogP contribution in [0.4, 0.5) is 0 Å². The molecule has 2 aliphatic rings. The van der Waals surface area contributed by atoms with Gasteiger partial charge in [0.2, 0.25) is 10.0 Å². The number of amides is 1. The van der Waals surface area contributed by atoms with Crippen LogP contribution in [0.1, 0.15) is 42.1 Å². The van der Waals surface area contributed by atoms with Gasteiger partial charge in [0.25, 0.3) is 5.91 Å². The molecule has 0 saturated carbocycles. The van der Waals surface area contributed by atoms with Crippen LogP contribution in [0.3, 0.4) is 0 Å². The van der Waals surface area contributed by atoms with Gasteiger partial charge in [-0.25, -0.2) is 8.42 Å². The topological polar surface area (TPSA) is 83.0 Å². The summed E-state index contributed by atoms with van der Waals surface area (Å²) >= 11 is 0. The minimum atomic E-state index is -3.76. The Morgan fingerprint density at radius 1 is 1.12 bits per heavy atom. The Morgan fingerprint density at radius 3 is 2.58 bits per heavy atom. The number of nitrogens with zero attached hydrogens (tertiary/aromatic N) is 4. The molecule has 178 valence electrons. The Morgan fingerprint density at radius 2 is 1.91 bits per heavy atom. The average Bonchev–Trinajstić information content (AvgIpc) is 2.84. The van der Waals surface area contributed by atoms with Gasteiger partial charge in [-0.1, -0.05) is 12.5 Å². The van der Waals surface area contributed by atoms with Crippen molar-refractivity contribution in [2.45, 2.75) is 43.7 Å². The maximum absolute atomic E-state index is 13.5. The van der Waals surface area contributed by atoms with E-state index in [-0.39, 0.29) is 22.6 Å². The summed E-state index contributed by atoms with van der Waals surface area (Å²) in [6.45, 7) is 5.93. The van der Waals surface area contributed by atoms with Gasteiger partial charge in [0.1, 0.15) is 10.6 Å². The third-order valence-corrected chi connectivity index (χ3v) is 8.56. The van der Waals surface area contributed by atoms with E-state index in [1.807, 2.05) is 25.3 Å². The molecule has 33 heavy (non-hydrogen) atoms. The Balaban J connectivity index is 1.48. The molecule has 0 bridgehead atoms. The van der Waals surface area contributed by atoms with E-state index in [9.17, 15) is 13.2 Å². The summed E-state index contributed by atoms with van der Waals surface area (Å²) in [5.74, 6) is 0.118. The molecule has 1 aromatic heterocycles. The molecule has 3 heterocycles. The molecule has 9 heteroatoms. The van der Waals surface area contributed by atoms with Gasteiger partial charge in [0, 0.05) is 63.3 Å². The van der Waals surface area contributed by atoms with Crippen LogP contribution in [-0.4, -0.2) is 79.3 Å². The van der Waals surface area contributed by atoms with Crippen molar-refractivity contribution in [1.82, 2.24) is 19.1 Å². The minimum Gasteiger partial charge on any atom is -0.495 e. The molecule has 0 aliphatic carbocycles. The predicted molar refractivity (Wildman–Crippen MR) is 126 cm³/mol. The van der Waals surface area contributed by atoms with E-state index in [2.05, 4.69) is 9.88 Å². The highest BCUT2D eigenvalue weighted by Crippen LogP contribution is 2.32. The van der Waals surface area contributed by atoms with Crippen molar-refractivity contribution in [2.75, 3.05) is 39.8 Å². The highest BCUT2D eigenvalue weighted by molar-refractivity contribution is 7.89. The van der Waals surface area contributed by atoms with Gasteiger partial charge in [0.15, 0.2) is 0 Å². The van der Waals surface area contributed by atoms with Crippen LogP contribution in [0, 0.1) is 0 Å². The summed E-state index contributed by atoms with van der Waals surface area (Å²) in [4.78, 5) is 21.5. The smallest absolute Gasteiger partial charge is 0.253 e. The van der Waals surface area contributed by atoms with Crippen LogP contribution in [0.5, 0.6) is 5.75 Å². The fraction of sp³-hybridized carbons (Fsp3) is 0.500. The molecule has 0 N–H and O–H groups in total. The SMILES string of the molecule is COc1ccc(C(=O)N2CCN(Cc3cccnc3)CC2)cc1S(=O)(=O)N1CCCCC1C. The number of carbonyl (C=O) groups is 1. The van der Waals surface area contributed by atoms with Crippen molar-refractivity contribution >= 4 is 15.9 Å². The first-order chi connectivity index (χ1) is 15.9. The second-order valence-corrected chi connectivity index (χ2v) is 10.6. The summed E-state index contributed by atoms with van der Waals surface area (Å²) in [5.41, 5.74) is 1.52. The largest absolute Gasteiger partial charge is 0.495 e. The van der Waals surface area contributed by atoms with Crippen LogP contribution < -0.4 is 4.74 Å². The second-order valence-electron chi connectivity index (χ2n) is 8.76. The standard InChI is InChI=1S/C24H32N4O4S/c1-19-6-3-4-11-28(19)33(30,31)23-16-21(8-9-22(23)32-2)24(29)27-14-12-26(13-15-27)18-20-7-5-10-25-17-20/h5,7-10,16-17,19H,3-4,6,11-15,18H2,1-2H3. The number of methoxy groups -OCH3 is 1. The Kier molecular flexibility index (Phi) is 7.31. The Hall–Kier alpha value is -2.49. The lowest BCUT2D eigenvalue weighted by atomic mass is 10.1. The molecule has 1 atom stereocenters. The number of hydrogen-bond acceptors (Lipinski definition) is 6. The molecular weight excluding hydrogens is 440 g/mol. The average molecular weight is 473 g/mol. The van der Waals surface area contributed by atoms with Crippen LogP contribution in [-0.2, 0) is 16.6 Å². The molecule has 1 aromatic carbocycles. The van der Waals surface area contributed by atoms with Gasteiger partial charge in [-0.3, -0.25) is 14.7 Å². The second kappa shape index (κ2) is 10.2. The van der Waals surface area contributed by atoms with E-state index in [1.54, 1.807) is 27.5 Å². The van der Waals surface area contributed by atoms with E-state index in [0.717, 1.165) is 44.5 Å². The molecule has 0 spiro atoms. The van der Waals surface area contributed by atoms with E-state index in [0.29, 0.717) is 25.2 Å². The first-order valence-corrected chi connectivity index (χ1v) is 12.9. The quantitative estimate of drug-likeness (QED) is 0.643. The zero-order valence-corrected chi connectivity index (χ0v) is 20.1. The van der Waals surface area contributed by atoms with Gasteiger partial charge in [-0.15, -0.1) is 0 Å². The third kappa shape index (κ3) is 5.20. The van der Waals surface area contributed by atoms with Crippen LogP contribution >= 0.6 is 0 Å². The summed E-state index contributed by atoms with van der Waals surface area (Å²) in [6.07, 6.45) is 6.32. The molecule has 2 saturated heterocycles. The molecule has 1 unspecified atom stereocenters. The number of ether oxygens (including phenoxy) is 1. The van der Waals surface area contributed by atoms with Crippen LogP contribution in [0.25, 0.3) is 0 Å². The lowest BCUT2D eigenvalue weighted by Crippen LogP contribution is -2.48. The molecule has 1 amide bonds. The summed E-state index contributed by atoms with van der Waals surface area (Å²) in [5, 5.41) is 0. The summed E-state index contributed by atoms with van der Waals surface area (Å²) in [7, 11) is -2.31. The molecule has 8 nitrogen and oxygen atoms in total. The van der Waals surface area contributed by atoms with Gasteiger partial charge < -0.3 is 9.64 Å². The molecule has 2 aromatic rings. The highest BCUT2D eigenvalue weighted by Gasteiger charge is 2.34. The van der Waals surface area contributed by atoms with E-state index in [4.69, 9.17) is 4.74 Å². The van der Waals surface area contributed by atoms with Gasteiger partial charge in [-0.2, -0.15) is 4.31 Å². The first kappa shape index (κ1) is 23.7. The normalized spacial score (nSPS) is 20.5. The zero-order valence-electron chi connectivity index (χ0n) is 19.3. The van der Waals surface area contributed by atoms with Crippen LogP contribution in [0.2, 0.25) is 0 Å². The van der Waals surface area contributed by atoms with Crippen molar-refractivity contribution in [3.05, 3.63) is 53.9 Å². The summed E-state index contributed by atoms with van der Waals surface area (Å²) in [6, 6.07) is 8.64. The van der Waals surface area contributed by atoms with Crippen molar-refractivity contribution in [3.8, 4) is 5.75 Å². The molecule has 2 fully saturated rings. The lowest BCUT2D eigenvalue weighted by molar-refractivity contribution is 0.0628. The lowest BCUT2D eigenvalue weighted by Gasteiger charge is -2.35. The first-order valence-electron chi connectivity index (χ1n) is 11.5. The molecular formula is C24H32N4O4S. The number of hydrogen-bond donors (Lipinski definition) is 0. The maximum atomic E-state index is 13.5. The van der Waals surface area contributed by atoms with Crippen molar-refractivity contribution in [3.63, 3.8) is 0 Å². The number of pyridine rings is 1. The number of rotatable bonds is 6. The Bertz CT molecular complexity index is 1070. The van der Waals surface area contributed by atoms with Crippen LogP contribution in [0.15, 0.2) is 47.6 Å². The van der Waals surface area contributed by atoms with Gasteiger partial charge in [0.05, 0.1) is 7.11 Å². The number of carbonyl (C=O) groups excluding carboxylic acids is 1. The van der Waals surface area contributed by atoms with Crippen molar-refractivity contribution in [1.29, 1.82) is 0 Å². The van der Waals surface area contributed by atoms with E-state index in [1.165, 1.54) is 13.2 Å². The third-order valence-electron chi connectivity index (χ3n) is 6.53. The Labute approximate surface area is 196 Å². The monoisotopic (exact) mass is 472 g/mol.